The van der Waals surface area contributed by atoms with Gasteiger partial charge in [0.15, 0.2) is 0 Å². The fourth-order valence-corrected chi connectivity index (χ4v) is 3.97. The molecule has 4 heteroatoms. The number of ether oxygens (including phenoxy) is 1. The Labute approximate surface area is 170 Å². The number of nitrogens with one attached hydrogen (secondary N) is 1. The third kappa shape index (κ3) is 5.81. The molecule has 1 aliphatic heterocycles. The number of nitrogens with zero attached hydrogens (tertiary/aromatic N) is 2. The largest absolute Gasteiger partial charge is 0.371 e. The van der Waals surface area contributed by atoms with Crippen LogP contribution >= 0.6 is 0 Å². The lowest BCUT2D eigenvalue weighted by Gasteiger charge is -2.36. The third-order valence-electron chi connectivity index (χ3n) is 5.75. The molecule has 1 aliphatic rings. The van der Waals surface area contributed by atoms with Crippen LogP contribution in [0.5, 0.6) is 0 Å². The molecule has 1 heterocycles. The van der Waals surface area contributed by atoms with E-state index in [1.807, 2.05) is 7.05 Å². The van der Waals surface area contributed by atoms with Crippen molar-refractivity contribution in [3.05, 3.63) is 65.7 Å². The van der Waals surface area contributed by atoms with Crippen LogP contribution in [0.15, 0.2) is 54.6 Å². The fraction of sp³-hybridized carbons (Fsp3) is 0.500. The Hall–Kier alpha value is -1.88. The molecule has 1 atom stereocenters. The van der Waals surface area contributed by atoms with Crippen molar-refractivity contribution in [1.29, 1.82) is 0 Å². The topological polar surface area (TPSA) is 27.7 Å². The number of piperidine rings is 1. The van der Waals surface area contributed by atoms with Crippen LogP contribution in [0.3, 0.4) is 0 Å². The zero-order valence-corrected chi connectivity index (χ0v) is 17.6. The Morgan fingerprint density at radius 2 is 1.82 bits per heavy atom. The van der Waals surface area contributed by atoms with E-state index in [4.69, 9.17) is 4.74 Å². The maximum atomic E-state index is 6.34. The van der Waals surface area contributed by atoms with E-state index in [0.717, 1.165) is 26.1 Å². The first-order valence-corrected chi connectivity index (χ1v) is 10.5. The minimum Gasteiger partial charge on any atom is -0.371 e. The van der Waals surface area contributed by atoms with Crippen molar-refractivity contribution in [2.24, 2.45) is 0 Å². The van der Waals surface area contributed by atoms with Crippen molar-refractivity contribution in [3.63, 3.8) is 0 Å². The molecule has 0 spiro atoms. The average molecular weight is 382 g/mol. The Balaban J connectivity index is 1.60. The van der Waals surface area contributed by atoms with E-state index >= 15 is 0 Å². The van der Waals surface area contributed by atoms with E-state index in [1.54, 1.807) is 0 Å². The Morgan fingerprint density at radius 1 is 1.07 bits per heavy atom. The molecule has 4 nitrogen and oxygen atoms in total. The van der Waals surface area contributed by atoms with Gasteiger partial charge >= 0.3 is 0 Å². The van der Waals surface area contributed by atoms with Gasteiger partial charge in [0.05, 0.1) is 12.7 Å². The van der Waals surface area contributed by atoms with Gasteiger partial charge in [-0.3, -0.25) is 0 Å². The smallest absolute Gasteiger partial charge is 0.0841 e. The van der Waals surface area contributed by atoms with Crippen LogP contribution in [0.4, 0.5) is 5.69 Å². The maximum Gasteiger partial charge on any atom is 0.0841 e. The van der Waals surface area contributed by atoms with Gasteiger partial charge in [0.2, 0.25) is 0 Å². The first-order chi connectivity index (χ1) is 13.7. The van der Waals surface area contributed by atoms with Gasteiger partial charge in [0.1, 0.15) is 0 Å². The summed E-state index contributed by atoms with van der Waals surface area (Å²) in [4.78, 5) is 4.87. The normalized spacial score (nSPS) is 16.5. The van der Waals surface area contributed by atoms with E-state index < -0.39 is 0 Å². The molecule has 0 bridgehead atoms. The molecule has 0 amide bonds. The summed E-state index contributed by atoms with van der Waals surface area (Å²) in [5.74, 6) is 0. The van der Waals surface area contributed by atoms with E-state index in [9.17, 15) is 0 Å². The van der Waals surface area contributed by atoms with Crippen LogP contribution in [-0.2, 0) is 11.3 Å². The molecular formula is C24H35N3O. The third-order valence-corrected chi connectivity index (χ3v) is 5.75. The number of benzene rings is 2. The quantitative estimate of drug-likeness (QED) is 0.708. The molecule has 0 aliphatic carbocycles. The molecule has 1 fully saturated rings. The number of anilines is 1. The Bertz CT molecular complexity index is 696. The summed E-state index contributed by atoms with van der Waals surface area (Å²) in [7, 11) is 6.37. The molecule has 0 saturated carbocycles. The van der Waals surface area contributed by atoms with Crippen molar-refractivity contribution in [2.75, 3.05) is 45.7 Å². The molecule has 2 aromatic rings. The zero-order valence-electron chi connectivity index (χ0n) is 17.6. The van der Waals surface area contributed by atoms with Crippen LogP contribution < -0.4 is 10.2 Å². The molecule has 2 aromatic carbocycles. The van der Waals surface area contributed by atoms with E-state index in [-0.39, 0.29) is 6.10 Å². The Kier molecular flexibility index (Phi) is 7.90. The zero-order chi connectivity index (χ0) is 19.8. The first-order valence-electron chi connectivity index (χ1n) is 10.5. The van der Waals surface area contributed by atoms with Crippen LogP contribution in [-0.4, -0.2) is 51.7 Å². The summed E-state index contributed by atoms with van der Waals surface area (Å²) in [5.41, 5.74) is 3.82. The second-order valence-electron chi connectivity index (χ2n) is 7.95. The van der Waals surface area contributed by atoms with Crippen molar-refractivity contribution >= 4 is 5.69 Å². The Morgan fingerprint density at radius 3 is 2.50 bits per heavy atom. The minimum atomic E-state index is 0.119. The van der Waals surface area contributed by atoms with Gasteiger partial charge in [-0.2, -0.15) is 0 Å². The molecule has 28 heavy (non-hydrogen) atoms. The monoisotopic (exact) mass is 381 g/mol. The van der Waals surface area contributed by atoms with Gasteiger partial charge in [-0.05, 0) is 70.2 Å². The summed E-state index contributed by atoms with van der Waals surface area (Å²) in [6, 6.07) is 20.1. The van der Waals surface area contributed by atoms with Crippen LogP contribution in [0.1, 0.15) is 36.5 Å². The van der Waals surface area contributed by atoms with Crippen molar-refractivity contribution in [3.8, 4) is 0 Å². The van der Waals surface area contributed by atoms with Crippen molar-refractivity contribution < 1.29 is 4.74 Å². The van der Waals surface area contributed by atoms with Gasteiger partial charge in [-0.1, -0.05) is 42.5 Å². The molecule has 1 unspecified atom stereocenters. The summed E-state index contributed by atoms with van der Waals surface area (Å²) in [6.07, 6.45) is 3.55. The highest BCUT2D eigenvalue weighted by atomic mass is 16.5. The van der Waals surface area contributed by atoms with E-state index in [1.165, 1.54) is 29.7 Å². The SMILES string of the molecule is CNCCC(OCc1cccc(N2CCC(N(C)C)CC2)c1)c1ccccc1. The van der Waals surface area contributed by atoms with Crippen LogP contribution in [0.25, 0.3) is 0 Å². The number of hydrogen-bond donors (Lipinski definition) is 1. The highest BCUT2D eigenvalue weighted by Crippen LogP contribution is 2.25. The summed E-state index contributed by atoms with van der Waals surface area (Å²) < 4.78 is 6.34. The second-order valence-corrected chi connectivity index (χ2v) is 7.95. The van der Waals surface area contributed by atoms with Crippen LogP contribution in [0, 0.1) is 0 Å². The van der Waals surface area contributed by atoms with Gasteiger partial charge in [0.25, 0.3) is 0 Å². The van der Waals surface area contributed by atoms with E-state index in [0.29, 0.717) is 12.6 Å². The second kappa shape index (κ2) is 10.6. The predicted molar refractivity (Wildman–Crippen MR) is 118 cm³/mol. The molecule has 152 valence electrons. The maximum absolute atomic E-state index is 6.34. The highest BCUT2D eigenvalue weighted by Gasteiger charge is 2.21. The summed E-state index contributed by atoms with van der Waals surface area (Å²) >= 11 is 0. The lowest BCUT2D eigenvalue weighted by molar-refractivity contribution is 0.0344. The average Bonchev–Trinajstić information content (AvgIpc) is 2.75. The van der Waals surface area contributed by atoms with E-state index in [2.05, 4.69) is 83.8 Å². The molecule has 1 saturated heterocycles. The summed E-state index contributed by atoms with van der Waals surface area (Å²) in [5, 5.41) is 3.24. The molecule has 0 radical (unpaired) electrons. The predicted octanol–water partition coefficient (Wildman–Crippen LogP) is 4.08. The molecule has 0 aromatic heterocycles. The number of rotatable bonds is 9. The van der Waals surface area contributed by atoms with Crippen LogP contribution in [0.2, 0.25) is 0 Å². The van der Waals surface area contributed by atoms with Gasteiger partial charge in [0, 0.05) is 24.8 Å². The summed E-state index contributed by atoms with van der Waals surface area (Å²) in [6.45, 7) is 3.84. The fourth-order valence-electron chi connectivity index (χ4n) is 3.97. The standard InChI is InChI=1S/C24H35N3O/c1-25-15-12-24(21-9-5-4-6-10-21)28-19-20-8-7-11-23(18-20)27-16-13-22(14-17-27)26(2)3/h4-11,18,22,24-25H,12-17,19H2,1-3H3. The van der Waals surface area contributed by atoms with Gasteiger partial charge in [-0.15, -0.1) is 0 Å². The molecule has 3 rings (SSSR count). The highest BCUT2D eigenvalue weighted by molar-refractivity contribution is 5.49. The van der Waals surface area contributed by atoms with Gasteiger partial charge < -0.3 is 19.9 Å². The number of hydrogen-bond acceptors (Lipinski definition) is 4. The molecule has 1 N–H and O–H groups in total. The minimum absolute atomic E-state index is 0.119. The van der Waals surface area contributed by atoms with Crippen molar-refractivity contribution in [2.45, 2.75) is 38.0 Å². The molecular weight excluding hydrogens is 346 g/mol. The van der Waals surface area contributed by atoms with Gasteiger partial charge in [-0.25, -0.2) is 0 Å². The first kappa shape index (κ1) is 20.8. The lowest BCUT2D eigenvalue weighted by atomic mass is 10.0. The lowest BCUT2D eigenvalue weighted by Crippen LogP contribution is -2.42. The van der Waals surface area contributed by atoms with Crippen molar-refractivity contribution in [1.82, 2.24) is 10.2 Å².